The zero-order valence-electron chi connectivity index (χ0n) is 11.2. The van der Waals surface area contributed by atoms with Gasteiger partial charge in [-0.05, 0) is 36.5 Å². The molecule has 19 heavy (non-hydrogen) atoms. The van der Waals surface area contributed by atoms with Crippen molar-refractivity contribution in [1.82, 2.24) is 5.32 Å². The number of ether oxygens (including phenoxy) is 1. The number of aliphatic hydroxyl groups is 1. The zero-order chi connectivity index (χ0) is 13.7. The van der Waals surface area contributed by atoms with E-state index < -0.39 is 0 Å². The standard InChI is InChI=1S/C15H20N2O2/c1-19-15-6-5-11(7-13(15)8-16)9-17-10-12-3-2-4-14(12)18/h5-7,12,14,17-18H,2-4,9-10H2,1H3. The number of hydrogen-bond acceptors (Lipinski definition) is 4. The Hall–Kier alpha value is -1.57. The molecule has 0 aromatic heterocycles. The first kappa shape index (κ1) is 13.9. The first-order valence-corrected chi connectivity index (χ1v) is 6.70. The molecular formula is C15H20N2O2. The number of aliphatic hydroxyl groups excluding tert-OH is 1. The van der Waals surface area contributed by atoms with E-state index in [-0.39, 0.29) is 6.10 Å². The summed E-state index contributed by atoms with van der Waals surface area (Å²) in [4.78, 5) is 0. The minimum atomic E-state index is -0.155. The van der Waals surface area contributed by atoms with Gasteiger partial charge >= 0.3 is 0 Å². The molecule has 2 unspecified atom stereocenters. The first-order valence-electron chi connectivity index (χ1n) is 6.70. The smallest absolute Gasteiger partial charge is 0.136 e. The summed E-state index contributed by atoms with van der Waals surface area (Å²) in [7, 11) is 1.57. The maximum Gasteiger partial charge on any atom is 0.136 e. The van der Waals surface area contributed by atoms with Gasteiger partial charge in [-0.3, -0.25) is 0 Å². The van der Waals surface area contributed by atoms with Gasteiger partial charge in [0.05, 0.1) is 18.8 Å². The van der Waals surface area contributed by atoms with E-state index in [9.17, 15) is 5.11 Å². The van der Waals surface area contributed by atoms with Crippen molar-refractivity contribution < 1.29 is 9.84 Å². The second-order valence-electron chi connectivity index (χ2n) is 5.04. The van der Waals surface area contributed by atoms with E-state index in [0.29, 0.717) is 23.8 Å². The molecule has 2 rings (SSSR count). The van der Waals surface area contributed by atoms with Crippen molar-refractivity contribution >= 4 is 0 Å². The van der Waals surface area contributed by atoms with Crippen molar-refractivity contribution in [3.05, 3.63) is 29.3 Å². The molecule has 2 N–H and O–H groups in total. The van der Waals surface area contributed by atoms with Crippen LogP contribution in [0, 0.1) is 17.2 Å². The van der Waals surface area contributed by atoms with Crippen LogP contribution in [0.3, 0.4) is 0 Å². The van der Waals surface area contributed by atoms with Crippen molar-refractivity contribution in [3.63, 3.8) is 0 Å². The molecule has 0 amide bonds. The highest BCUT2D eigenvalue weighted by Crippen LogP contribution is 2.25. The maximum atomic E-state index is 9.74. The second kappa shape index (κ2) is 6.55. The summed E-state index contributed by atoms with van der Waals surface area (Å²) in [6, 6.07) is 7.75. The van der Waals surface area contributed by atoms with Gasteiger partial charge in [0.15, 0.2) is 0 Å². The molecule has 102 valence electrons. The average Bonchev–Trinajstić information content (AvgIpc) is 2.84. The van der Waals surface area contributed by atoms with Gasteiger partial charge in [-0.25, -0.2) is 0 Å². The predicted octanol–water partition coefficient (Wildman–Crippen LogP) is 1.82. The molecule has 1 aromatic rings. The van der Waals surface area contributed by atoms with Gasteiger partial charge in [-0.1, -0.05) is 12.5 Å². The fourth-order valence-electron chi connectivity index (χ4n) is 2.61. The van der Waals surface area contributed by atoms with Crippen molar-refractivity contribution in [2.75, 3.05) is 13.7 Å². The highest BCUT2D eigenvalue weighted by Gasteiger charge is 2.24. The van der Waals surface area contributed by atoms with E-state index in [1.807, 2.05) is 18.2 Å². The monoisotopic (exact) mass is 260 g/mol. The lowest BCUT2D eigenvalue weighted by Gasteiger charge is -2.15. The number of benzene rings is 1. The van der Waals surface area contributed by atoms with Crippen LogP contribution in [-0.4, -0.2) is 24.9 Å². The van der Waals surface area contributed by atoms with Gasteiger partial charge < -0.3 is 15.2 Å². The van der Waals surface area contributed by atoms with Crippen LogP contribution in [0.25, 0.3) is 0 Å². The molecule has 0 saturated heterocycles. The Morgan fingerprint density at radius 3 is 2.95 bits per heavy atom. The van der Waals surface area contributed by atoms with Crippen molar-refractivity contribution in [2.45, 2.75) is 31.9 Å². The molecule has 1 aromatic carbocycles. The zero-order valence-corrected chi connectivity index (χ0v) is 11.2. The lowest BCUT2D eigenvalue weighted by Crippen LogP contribution is -2.27. The Morgan fingerprint density at radius 2 is 2.32 bits per heavy atom. The van der Waals surface area contributed by atoms with Crippen molar-refractivity contribution in [3.8, 4) is 11.8 Å². The molecule has 4 heteroatoms. The Morgan fingerprint density at radius 1 is 1.47 bits per heavy atom. The molecule has 4 nitrogen and oxygen atoms in total. The average molecular weight is 260 g/mol. The van der Waals surface area contributed by atoms with Gasteiger partial charge in [0, 0.05) is 13.1 Å². The fourth-order valence-corrected chi connectivity index (χ4v) is 2.61. The van der Waals surface area contributed by atoms with E-state index in [2.05, 4.69) is 11.4 Å². The van der Waals surface area contributed by atoms with E-state index in [1.165, 1.54) is 0 Å². The quantitative estimate of drug-likeness (QED) is 0.847. The summed E-state index contributed by atoms with van der Waals surface area (Å²) in [5.41, 5.74) is 1.62. The molecule has 1 aliphatic carbocycles. The lowest BCUT2D eigenvalue weighted by atomic mass is 10.1. The Labute approximate surface area is 114 Å². The first-order chi connectivity index (χ1) is 9.24. The molecule has 0 spiro atoms. The van der Waals surface area contributed by atoms with Gasteiger partial charge in [0.1, 0.15) is 11.8 Å². The summed E-state index contributed by atoms with van der Waals surface area (Å²) in [6.07, 6.45) is 2.99. The summed E-state index contributed by atoms with van der Waals surface area (Å²) in [5.74, 6) is 0.978. The van der Waals surface area contributed by atoms with Crippen molar-refractivity contribution in [2.24, 2.45) is 5.92 Å². The third kappa shape index (κ3) is 3.46. The van der Waals surface area contributed by atoms with E-state index in [1.54, 1.807) is 7.11 Å². The molecule has 0 bridgehead atoms. The molecule has 2 atom stereocenters. The summed E-state index contributed by atoms with van der Waals surface area (Å²) in [6.45, 7) is 1.54. The summed E-state index contributed by atoms with van der Waals surface area (Å²) in [5, 5.41) is 22.1. The number of hydrogen-bond donors (Lipinski definition) is 2. The fraction of sp³-hybridized carbons (Fsp3) is 0.533. The van der Waals surface area contributed by atoms with Crippen LogP contribution in [0.4, 0.5) is 0 Å². The number of methoxy groups -OCH3 is 1. The van der Waals surface area contributed by atoms with Crippen LogP contribution < -0.4 is 10.1 Å². The van der Waals surface area contributed by atoms with E-state index >= 15 is 0 Å². The van der Waals surface area contributed by atoms with Crippen LogP contribution in [0.5, 0.6) is 5.75 Å². The SMILES string of the molecule is COc1ccc(CNCC2CCCC2O)cc1C#N. The second-order valence-corrected chi connectivity index (χ2v) is 5.04. The molecule has 0 heterocycles. The lowest BCUT2D eigenvalue weighted by molar-refractivity contribution is 0.131. The Bertz CT molecular complexity index is 468. The number of nitrogens with zero attached hydrogens (tertiary/aromatic N) is 1. The third-order valence-corrected chi connectivity index (χ3v) is 3.74. The van der Waals surface area contributed by atoms with Gasteiger partial charge in [-0.2, -0.15) is 5.26 Å². The van der Waals surface area contributed by atoms with E-state index in [0.717, 1.165) is 31.4 Å². The van der Waals surface area contributed by atoms with Crippen LogP contribution in [0.1, 0.15) is 30.4 Å². The maximum absolute atomic E-state index is 9.74. The van der Waals surface area contributed by atoms with Crippen LogP contribution in [-0.2, 0) is 6.54 Å². The highest BCUT2D eigenvalue weighted by atomic mass is 16.5. The summed E-state index contributed by atoms with van der Waals surface area (Å²) >= 11 is 0. The van der Waals surface area contributed by atoms with Crippen LogP contribution in [0.2, 0.25) is 0 Å². The largest absolute Gasteiger partial charge is 0.495 e. The minimum absolute atomic E-state index is 0.155. The molecule has 0 radical (unpaired) electrons. The molecule has 1 saturated carbocycles. The van der Waals surface area contributed by atoms with Gasteiger partial charge in [0.25, 0.3) is 0 Å². The molecule has 1 aliphatic rings. The Kier molecular flexibility index (Phi) is 4.78. The number of nitriles is 1. The van der Waals surface area contributed by atoms with Crippen molar-refractivity contribution in [1.29, 1.82) is 5.26 Å². The van der Waals surface area contributed by atoms with E-state index in [4.69, 9.17) is 10.00 Å². The topological polar surface area (TPSA) is 65.3 Å². The highest BCUT2D eigenvalue weighted by molar-refractivity contribution is 5.45. The minimum Gasteiger partial charge on any atom is -0.495 e. The van der Waals surface area contributed by atoms with Crippen LogP contribution >= 0.6 is 0 Å². The van der Waals surface area contributed by atoms with Gasteiger partial charge in [-0.15, -0.1) is 0 Å². The number of nitrogens with one attached hydrogen (secondary N) is 1. The summed E-state index contributed by atoms with van der Waals surface area (Å²) < 4.78 is 5.12. The molecule has 0 aliphatic heterocycles. The molecular weight excluding hydrogens is 240 g/mol. The van der Waals surface area contributed by atoms with Crippen LogP contribution in [0.15, 0.2) is 18.2 Å². The normalized spacial score (nSPS) is 22.2. The number of rotatable bonds is 5. The Balaban J connectivity index is 1.88. The van der Waals surface area contributed by atoms with Gasteiger partial charge in [0.2, 0.25) is 0 Å². The predicted molar refractivity (Wildman–Crippen MR) is 72.8 cm³/mol. The molecule has 1 fully saturated rings. The third-order valence-electron chi connectivity index (χ3n) is 3.74.